The van der Waals surface area contributed by atoms with Crippen LogP contribution in [0.5, 0.6) is 0 Å². The number of ether oxygens (including phenoxy) is 1. The summed E-state index contributed by atoms with van der Waals surface area (Å²) >= 11 is 1.38. The Kier molecular flexibility index (Phi) is 6.49. The molecule has 1 atom stereocenters. The number of benzene rings is 2. The maximum atomic E-state index is 12.7. The summed E-state index contributed by atoms with van der Waals surface area (Å²) in [5, 5.41) is 4.41. The molecule has 7 heteroatoms. The van der Waals surface area contributed by atoms with E-state index in [1.807, 2.05) is 30.3 Å². The van der Waals surface area contributed by atoms with Gasteiger partial charge in [-0.1, -0.05) is 42.1 Å². The van der Waals surface area contributed by atoms with E-state index in [4.69, 9.17) is 4.74 Å². The van der Waals surface area contributed by atoms with Gasteiger partial charge in [0.25, 0.3) is 5.91 Å². The minimum absolute atomic E-state index is 0.159. The summed E-state index contributed by atoms with van der Waals surface area (Å²) in [7, 11) is 0. The molecule has 0 saturated carbocycles. The van der Waals surface area contributed by atoms with Crippen LogP contribution in [0.15, 0.2) is 71.0 Å². The van der Waals surface area contributed by atoms with Gasteiger partial charge in [0.2, 0.25) is 5.91 Å². The topological polar surface area (TPSA) is 75.7 Å². The molecule has 0 unspecified atom stereocenters. The number of para-hydroxylation sites is 2. The van der Waals surface area contributed by atoms with Crippen molar-refractivity contribution >= 4 is 40.9 Å². The number of esters is 1. The van der Waals surface area contributed by atoms with Crippen molar-refractivity contribution < 1.29 is 19.1 Å². The number of nitrogens with one attached hydrogen (secondary N) is 1. The van der Waals surface area contributed by atoms with Gasteiger partial charge in [-0.05, 0) is 36.6 Å². The molecule has 1 aliphatic rings. The highest BCUT2D eigenvalue weighted by Crippen LogP contribution is 2.31. The van der Waals surface area contributed by atoms with E-state index < -0.39 is 12.6 Å². The van der Waals surface area contributed by atoms with Crippen molar-refractivity contribution in [3.8, 4) is 0 Å². The maximum absolute atomic E-state index is 12.7. The predicted molar refractivity (Wildman–Crippen MR) is 109 cm³/mol. The van der Waals surface area contributed by atoms with Crippen molar-refractivity contribution in [3.05, 3.63) is 66.1 Å². The van der Waals surface area contributed by atoms with E-state index in [0.717, 1.165) is 4.90 Å². The molecule has 28 heavy (non-hydrogen) atoms. The second-order valence-corrected chi connectivity index (χ2v) is 7.20. The third kappa shape index (κ3) is 5.01. The zero-order valence-corrected chi connectivity index (χ0v) is 16.1. The Morgan fingerprint density at radius 3 is 2.68 bits per heavy atom. The molecule has 0 aliphatic carbocycles. The SMILES string of the molecule is C[C@@H]1CC(=O)Nc2ccccc2N1C(=O)COC(=O)/C=C/Sc1ccccc1. The van der Waals surface area contributed by atoms with Gasteiger partial charge in [0.05, 0.1) is 11.4 Å². The predicted octanol–water partition coefficient (Wildman–Crippen LogP) is 3.60. The van der Waals surface area contributed by atoms with Gasteiger partial charge in [-0.2, -0.15) is 0 Å². The summed E-state index contributed by atoms with van der Waals surface area (Å²) in [6, 6.07) is 16.3. The number of fused-ring (bicyclic) bond motifs is 1. The summed E-state index contributed by atoms with van der Waals surface area (Å²) < 4.78 is 5.09. The minimum atomic E-state index is -0.596. The Balaban J connectivity index is 1.61. The fourth-order valence-electron chi connectivity index (χ4n) is 2.89. The molecule has 0 radical (unpaired) electrons. The summed E-state index contributed by atoms with van der Waals surface area (Å²) in [6.45, 7) is 1.39. The Hall–Kier alpha value is -3.06. The lowest BCUT2D eigenvalue weighted by molar-refractivity contribution is -0.143. The summed E-state index contributed by atoms with van der Waals surface area (Å²) in [4.78, 5) is 39.1. The lowest BCUT2D eigenvalue weighted by Gasteiger charge is -2.27. The first-order valence-electron chi connectivity index (χ1n) is 8.80. The smallest absolute Gasteiger partial charge is 0.331 e. The monoisotopic (exact) mass is 396 g/mol. The zero-order valence-electron chi connectivity index (χ0n) is 15.3. The third-order valence-corrected chi connectivity index (χ3v) is 4.93. The fraction of sp³-hybridized carbons (Fsp3) is 0.190. The highest BCUT2D eigenvalue weighted by Gasteiger charge is 2.29. The largest absolute Gasteiger partial charge is 0.452 e. The van der Waals surface area contributed by atoms with Crippen LogP contribution in [-0.2, 0) is 19.1 Å². The van der Waals surface area contributed by atoms with E-state index in [1.165, 1.54) is 22.7 Å². The number of hydrogen-bond donors (Lipinski definition) is 1. The van der Waals surface area contributed by atoms with Crippen LogP contribution in [0.1, 0.15) is 13.3 Å². The van der Waals surface area contributed by atoms with E-state index in [-0.39, 0.29) is 24.3 Å². The number of carbonyl (C=O) groups is 3. The molecule has 0 fully saturated rings. The second-order valence-electron chi connectivity index (χ2n) is 6.22. The normalized spacial score (nSPS) is 16.2. The first-order chi connectivity index (χ1) is 13.5. The number of thioether (sulfide) groups is 1. The first kappa shape index (κ1) is 19.7. The zero-order chi connectivity index (χ0) is 19.9. The van der Waals surface area contributed by atoms with Gasteiger partial charge in [0.1, 0.15) is 0 Å². The number of rotatable bonds is 5. The Bertz CT molecular complexity index is 898. The molecule has 6 nitrogen and oxygen atoms in total. The molecule has 0 saturated heterocycles. The number of anilines is 2. The molecule has 2 aromatic carbocycles. The van der Waals surface area contributed by atoms with Crippen molar-refractivity contribution in [2.75, 3.05) is 16.8 Å². The van der Waals surface area contributed by atoms with Crippen LogP contribution >= 0.6 is 11.8 Å². The highest BCUT2D eigenvalue weighted by atomic mass is 32.2. The first-order valence-corrected chi connectivity index (χ1v) is 9.68. The van der Waals surface area contributed by atoms with Crippen LogP contribution < -0.4 is 10.2 Å². The Labute approximate surface area is 167 Å². The van der Waals surface area contributed by atoms with Crippen LogP contribution in [0.25, 0.3) is 0 Å². The third-order valence-electron chi connectivity index (χ3n) is 4.12. The van der Waals surface area contributed by atoms with E-state index >= 15 is 0 Å². The molecule has 1 N–H and O–H groups in total. The van der Waals surface area contributed by atoms with Crippen LogP contribution in [0, 0.1) is 0 Å². The Morgan fingerprint density at radius 2 is 1.89 bits per heavy atom. The van der Waals surface area contributed by atoms with Gasteiger partial charge in [0, 0.05) is 23.4 Å². The molecule has 1 aliphatic heterocycles. The lowest BCUT2D eigenvalue weighted by atomic mass is 10.1. The van der Waals surface area contributed by atoms with Crippen molar-refractivity contribution in [1.29, 1.82) is 0 Å². The summed E-state index contributed by atoms with van der Waals surface area (Å²) in [5.41, 5.74) is 1.16. The van der Waals surface area contributed by atoms with Crippen LogP contribution in [0.3, 0.4) is 0 Å². The molecule has 1 heterocycles. The molecule has 3 rings (SSSR count). The second kappa shape index (κ2) is 9.23. The summed E-state index contributed by atoms with van der Waals surface area (Å²) in [6.07, 6.45) is 1.46. The quantitative estimate of drug-likeness (QED) is 0.475. The minimum Gasteiger partial charge on any atom is -0.452 e. The van der Waals surface area contributed by atoms with Crippen molar-refractivity contribution in [1.82, 2.24) is 0 Å². The van der Waals surface area contributed by atoms with E-state index in [2.05, 4.69) is 5.32 Å². The number of amides is 2. The molecule has 0 spiro atoms. The number of carbonyl (C=O) groups excluding carboxylic acids is 3. The van der Waals surface area contributed by atoms with Crippen LogP contribution in [0.2, 0.25) is 0 Å². The maximum Gasteiger partial charge on any atom is 0.331 e. The van der Waals surface area contributed by atoms with E-state index in [1.54, 1.807) is 36.6 Å². The lowest BCUT2D eigenvalue weighted by Crippen LogP contribution is -2.41. The number of hydrogen-bond acceptors (Lipinski definition) is 5. The molecule has 2 amide bonds. The number of nitrogens with zero attached hydrogens (tertiary/aromatic N) is 1. The van der Waals surface area contributed by atoms with Gasteiger partial charge in [-0.25, -0.2) is 4.79 Å². The molecular formula is C21H20N2O4S. The standard InChI is InChI=1S/C21H20N2O4S/c1-15-13-19(24)22-17-9-5-6-10-18(17)23(15)20(25)14-27-21(26)11-12-28-16-7-3-2-4-8-16/h2-12,15H,13-14H2,1H3,(H,22,24)/b12-11+/t15-/m1/s1. The van der Waals surface area contributed by atoms with Gasteiger partial charge in [0.15, 0.2) is 6.61 Å². The van der Waals surface area contributed by atoms with Crippen molar-refractivity contribution in [2.45, 2.75) is 24.3 Å². The molecule has 0 bridgehead atoms. The van der Waals surface area contributed by atoms with Gasteiger partial charge in [-0.15, -0.1) is 0 Å². The van der Waals surface area contributed by atoms with Crippen LogP contribution in [0.4, 0.5) is 11.4 Å². The molecule has 144 valence electrons. The summed E-state index contributed by atoms with van der Waals surface area (Å²) in [5.74, 6) is -1.14. The van der Waals surface area contributed by atoms with E-state index in [9.17, 15) is 14.4 Å². The molecule has 0 aromatic heterocycles. The fourth-order valence-corrected chi connectivity index (χ4v) is 3.54. The average molecular weight is 396 g/mol. The van der Waals surface area contributed by atoms with Crippen molar-refractivity contribution in [2.24, 2.45) is 0 Å². The Morgan fingerprint density at radius 1 is 1.18 bits per heavy atom. The molecular weight excluding hydrogens is 376 g/mol. The van der Waals surface area contributed by atoms with Gasteiger partial charge < -0.3 is 15.0 Å². The van der Waals surface area contributed by atoms with E-state index in [0.29, 0.717) is 11.4 Å². The highest BCUT2D eigenvalue weighted by molar-refractivity contribution is 8.02. The van der Waals surface area contributed by atoms with Gasteiger partial charge >= 0.3 is 5.97 Å². The van der Waals surface area contributed by atoms with Crippen molar-refractivity contribution in [3.63, 3.8) is 0 Å². The van der Waals surface area contributed by atoms with Crippen LogP contribution in [-0.4, -0.2) is 30.4 Å². The molecule has 2 aromatic rings. The van der Waals surface area contributed by atoms with Gasteiger partial charge in [-0.3, -0.25) is 9.59 Å². The average Bonchev–Trinajstić information content (AvgIpc) is 2.81.